The van der Waals surface area contributed by atoms with Crippen LogP contribution >= 0.6 is 0 Å². The summed E-state index contributed by atoms with van der Waals surface area (Å²) in [6.07, 6.45) is 8.68. The number of methoxy groups -OCH3 is 1. The van der Waals surface area contributed by atoms with Gasteiger partial charge in [-0.05, 0) is 31.6 Å². The minimum Gasteiger partial charge on any atom is -0.496 e. The number of ether oxygens (including phenoxy) is 2. The zero-order valence-corrected chi connectivity index (χ0v) is 14.3. The van der Waals surface area contributed by atoms with Crippen LogP contribution in [-0.2, 0) is 4.74 Å². The third kappa shape index (κ3) is 3.98. The van der Waals surface area contributed by atoms with Gasteiger partial charge in [0.2, 0.25) is 0 Å². The van der Waals surface area contributed by atoms with Crippen LogP contribution in [0.3, 0.4) is 0 Å². The summed E-state index contributed by atoms with van der Waals surface area (Å²) in [6.45, 7) is 2.22. The molecular formula is C18H26N2O4. The van der Waals surface area contributed by atoms with Gasteiger partial charge in [-0.2, -0.15) is 0 Å². The van der Waals surface area contributed by atoms with Gasteiger partial charge in [-0.25, -0.2) is 0 Å². The first-order valence-corrected chi connectivity index (χ1v) is 8.85. The summed E-state index contributed by atoms with van der Waals surface area (Å²) < 4.78 is 11.2. The smallest absolute Gasteiger partial charge is 0.259 e. The van der Waals surface area contributed by atoms with Gasteiger partial charge in [-0.3, -0.25) is 9.59 Å². The van der Waals surface area contributed by atoms with E-state index in [9.17, 15) is 9.59 Å². The Hall–Kier alpha value is -1.82. The first kappa shape index (κ1) is 17.0. The van der Waals surface area contributed by atoms with E-state index >= 15 is 0 Å². The van der Waals surface area contributed by atoms with Gasteiger partial charge >= 0.3 is 0 Å². The molecular weight excluding hydrogens is 308 g/mol. The first-order chi connectivity index (χ1) is 11.7. The molecule has 1 saturated heterocycles. The lowest BCUT2D eigenvalue weighted by molar-refractivity contribution is -0.00598. The van der Waals surface area contributed by atoms with E-state index in [1.54, 1.807) is 0 Å². The molecule has 0 unspecified atom stereocenters. The number of nitrogens with zero attached hydrogens (tertiary/aromatic N) is 1. The van der Waals surface area contributed by atoms with E-state index in [1.807, 2.05) is 4.90 Å². The molecule has 132 valence electrons. The summed E-state index contributed by atoms with van der Waals surface area (Å²) in [5.74, 6) is 0.954. The fourth-order valence-electron chi connectivity index (χ4n) is 3.63. The predicted octanol–water partition coefficient (Wildman–Crippen LogP) is 2.19. The third-order valence-electron chi connectivity index (χ3n) is 5.11. The molecule has 24 heavy (non-hydrogen) atoms. The van der Waals surface area contributed by atoms with Gasteiger partial charge in [-0.15, -0.1) is 0 Å². The van der Waals surface area contributed by atoms with Crippen molar-refractivity contribution in [2.75, 3.05) is 26.8 Å². The number of amides is 1. The molecule has 3 rings (SSSR count). The molecule has 1 aliphatic heterocycles. The van der Waals surface area contributed by atoms with E-state index in [4.69, 9.17) is 9.47 Å². The molecule has 1 amide bonds. The molecule has 1 aliphatic carbocycles. The normalized spacial score (nSPS) is 19.6. The predicted molar refractivity (Wildman–Crippen MR) is 90.5 cm³/mol. The summed E-state index contributed by atoms with van der Waals surface area (Å²) in [4.78, 5) is 28.4. The number of rotatable bonds is 5. The van der Waals surface area contributed by atoms with Crippen molar-refractivity contribution in [3.63, 3.8) is 0 Å². The molecule has 0 spiro atoms. The Balaban J connectivity index is 1.52. The Bertz CT molecular complexity index is 614. The molecule has 0 aromatic carbocycles. The number of carbonyl (C=O) groups excluding carboxylic acids is 1. The maximum absolute atomic E-state index is 12.6. The van der Waals surface area contributed by atoms with Gasteiger partial charge in [0.1, 0.15) is 5.75 Å². The molecule has 1 aromatic rings. The molecule has 6 heteroatoms. The average molecular weight is 334 g/mol. The van der Waals surface area contributed by atoms with Crippen LogP contribution in [0.4, 0.5) is 0 Å². The SMILES string of the molecule is COc1cc(=O)[nH]cc1C(=O)N1CCC(OCC2CCCC2)CC1. The van der Waals surface area contributed by atoms with Crippen molar-refractivity contribution in [3.05, 3.63) is 28.2 Å². The van der Waals surface area contributed by atoms with Gasteiger partial charge < -0.3 is 19.4 Å². The fraction of sp³-hybridized carbons (Fsp3) is 0.667. The van der Waals surface area contributed by atoms with Crippen molar-refractivity contribution >= 4 is 5.91 Å². The zero-order valence-electron chi connectivity index (χ0n) is 14.3. The third-order valence-corrected chi connectivity index (χ3v) is 5.11. The number of aromatic amines is 1. The number of H-pyrrole nitrogens is 1. The van der Waals surface area contributed by atoms with E-state index < -0.39 is 0 Å². The summed E-state index contributed by atoms with van der Waals surface area (Å²) in [5, 5.41) is 0. The van der Waals surface area contributed by atoms with Gasteiger partial charge in [0, 0.05) is 32.0 Å². The lowest BCUT2D eigenvalue weighted by Gasteiger charge is -2.32. The molecule has 0 bridgehead atoms. The highest BCUT2D eigenvalue weighted by molar-refractivity contribution is 5.96. The second-order valence-electron chi connectivity index (χ2n) is 6.75. The zero-order chi connectivity index (χ0) is 16.9. The van der Waals surface area contributed by atoms with Crippen molar-refractivity contribution in [1.29, 1.82) is 0 Å². The maximum Gasteiger partial charge on any atom is 0.259 e. The average Bonchev–Trinajstić information content (AvgIpc) is 3.13. The van der Waals surface area contributed by atoms with Gasteiger partial charge in [0.15, 0.2) is 0 Å². The second kappa shape index (κ2) is 7.83. The number of piperidine rings is 1. The molecule has 0 radical (unpaired) electrons. The number of nitrogens with one attached hydrogen (secondary N) is 1. The second-order valence-corrected chi connectivity index (χ2v) is 6.75. The fourth-order valence-corrected chi connectivity index (χ4v) is 3.63. The number of likely N-dealkylation sites (tertiary alicyclic amines) is 1. The topological polar surface area (TPSA) is 71.6 Å². The molecule has 1 N–H and O–H groups in total. The largest absolute Gasteiger partial charge is 0.496 e. The van der Waals surface area contributed by atoms with Crippen LogP contribution in [0, 0.1) is 5.92 Å². The standard InChI is InChI=1S/C18H26N2O4/c1-23-16-10-17(21)19-11-15(16)18(22)20-8-6-14(7-9-20)24-12-13-4-2-3-5-13/h10-11,13-14H,2-9,12H2,1H3,(H,19,21). The van der Waals surface area contributed by atoms with Crippen LogP contribution in [0.1, 0.15) is 48.9 Å². The molecule has 6 nitrogen and oxygen atoms in total. The molecule has 1 saturated carbocycles. The maximum atomic E-state index is 12.6. The Morgan fingerprint density at radius 1 is 1.25 bits per heavy atom. The lowest BCUT2D eigenvalue weighted by Crippen LogP contribution is -2.41. The minimum absolute atomic E-state index is 0.0997. The van der Waals surface area contributed by atoms with E-state index in [0.717, 1.165) is 25.4 Å². The number of aromatic nitrogens is 1. The Labute approximate surface area is 142 Å². The van der Waals surface area contributed by atoms with E-state index in [1.165, 1.54) is 45.1 Å². The molecule has 2 aliphatic rings. The van der Waals surface area contributed by atoms with Crippen molar-refractivity contribution in [3.8, 4) is 5.75 Å². The Morgan fingerprint density at radius 2 is 1.96 bits per heavy atom. The number of carbonyl (C=O) groups is 1. The van der Waals surface area contributed by atoms with Crippen molar-refractivity contribution in [1.82, 2.24) is 9.88 Å². The molecule has 1 aromatic heterocycles. The van der Waals surface area contributed by atoms with Crippen LogP contribution in [-0.4, -0.2) is 48.7 Å². The van der Waals surface area contributed by atoms with E-state index in [0.29, 0.717) is 24.4 Å². The van der Waals surface area contributed by atoms with Crippen molar-refractivity contribution in [2.45, 2.75) is 44.6 Å². The van der Waals surface area contributed by atoms with Gasteiger partial charge in [0.05, 0.1) is 18.8 Å². The highest BCUT2D eigenvalue weighted by Crippen LogP contribution is 2.26. The van der Waals surface area contributed by atoms with Crippen LogP contribution in [0.25, 0.3) is 0 Å². The van der Waals surface area contributed by atoms with E-state index in [2.05, 4.69) is 4.98 Å². The highest BCUT2D eigenvalue weighted by Gasteiger charge is 2.27. The number of hydrogen-bond acceptors (Lipinski definition) is 4. The monoisotopic (exact) mass is 334 g/mol. The van der Waals surface area contributed by atoms with Gasteiger partial charge in [0.25, 0.3) is 11.5 Å². The highest BCUT2D eigenvalue weighted by atomic mass is 16.5. The number of pyridine rings is 1. The first-order valence-electron chi connectivity index (χ1n) is 8.85. The lowest BCUT2D eigenvalue weighted by atomic mass is 10.1. The summed E-state index contributed by atoms with van der Waals surface area (Å²) in [5.41, 5.74) is 0.129. The molecule has 0 atom stereocenters. The summed E-state index contributed by atoms with van der Waals surface area (Å²) in [6, 6.07) is 1.31. The van der Waals surface area contributed by atoms with Crippen LogP contribution in [0.5, 0.6) is 5.75 Å². The van der Waals surface area contributed by atoms with Crippen molar-refractivity contribution < 1.29 is 14.3 Å². The van der Waals surface area contributed by atoms with Crippen LogP contribution in [0.2, 0.25) is 0 Å². The summed E-state index contributed by atoms with van der Waals surface area (Å²) >= 11 is 0. The van der Waals surface area contributed by atoms with Crippen molar-refractivity contribution in [2.24, 2.45) is 5.92 Å². The molecule has 2 fully saturated rings. The summed E-state index contributed by atoms with van der Waals surface area (Å²) in [7, 11) is 1.47. The number of hydrogen-bond donors (Lipinski definition) is 1. The van der Waals surface area contributed by atoms with E-state index in [-0.39, 0.29) is 17.6 Å². The van der Waals surface area contributed by atoms with Crippen LogP contribution in [0.15, 0.2) is 17.1 Å². The van der Waals surface area contributed by atoms with Gasteiger partial charge in [-0.1, -0.05) is 12.8 Å². The molecule has 2 heterocycles. The minimum atomic E-state index is -0.276. The Morgan fingerprint density at radius 3 is 2.62 bits per heavy atom. The van der Waals surface area contributed by atoms with Crippen LogP contribution < -0.4 is 10.3 Å². The Kier molecular flexibility index (Phi) is 5.56. The quantitative estimate of drug-likeness (QED) is 0.896.